The van der Waals surface area contributed by atoms with Crippen molar-refractivity contribution in [2.45, 2.75) is 312 Å². The number of aliphatic hydroxyl groups excluding tert-OH is 8. The zero-order valence-electron chi connectivity index (χ0n) is 50.5. The highest BCUT2D eigenvalue weighted by Gasteiger charge is 2.51. The van der Waals surface area contributed by atoms with E-state index in [1.807, 2.05) is 6.08 Å². The van der Waals surface area contributed by atoms with Gasteiger partial charge in [0.25, 0.3) is 0 Å². The van der Waals surface area contributed by atoms with Crippen LogP contribution in [0.4, 0.5) is 0 Å². The Hall–Kier alpha value is -2.83. The highest BCUT2D eigenvalue weighted by atomic mass is 16.7. The summed E-state index contributed by atoms with van der Waals surface area (Å²) in [4.78, 5) is 13.2. The lowest BCUT2D eigenvalue weighted by molar-refractivity contribution is -0.359. The Bertz CT molecular complexity index is 1680. The number of amides is 1. The highest BCUT2D eigenvalue weighted by Crippen LogP contribution is 2.30. The lowest BCUT2D eigenvalue weighted by Gasteiger charge is -2.46. The van der Waals surface area contributed by atoms with E-state index in [1.54, 1.807) is 6.08 Å². The van der Waals surface area contributed by atoms with Crippen LogP contribution in [0.1, 0.15) is 239 Å². The first kappa shape index (κ1) is 74.3. The molecule has 1 amide bonds. The van der Waals surface area contributed by atoms with Gasteiger partial charge in [-0.1, -0.05) is 240 Å². The molecule has 2 heterocycles. The molecular weight excluding hydrogens is 1030 g/mol. The molecule has 0 aromatic heterocycles. The van der Waals surface area contributed by atoms with Gasteiger partial charge in [-0.2, -0.15) is 0 Å². The predicted molar refractivity (Wildman–Crippen MR) is 327 cm³/mol. The number of allylic oxidation sites excluding steroid dienone is 13. The third-order valence-corrected chi connectivity index (χ3v) is 15.3. The minimum atomic E-state index is -1.79. The number of hydrogen-bond acceptors (Lipinski definition) is 13. The Kier molecular flexibility index (Phi) is 47.3. The van der Waals surface area contributed by atoms with Gasteiger partial charge in [-0.3, -0.25) is 4.79 Å². The molecule has 2 rings (SSSR count). The molecule has 2 aliphatic rings. The predicted octanol–water partition coefficient (Wildman–Crippen LogP) is 12.1. The summed E-state index contributed by atoms with van der Waals surface area (Å²) < 4.78 is 22.7. The van der Waals surface area contributed by atoms with E-state index >= 15 is 0 Å². The van der Waals surface area contributed by atoms with Crippen molar-refractivity contribution in [3.05, 3.63) is 85.1 Å². The van der Waals surface area contributed by atoms with E-state index < -0.39 is 86.8 Å². The van der Waals surface area contributed by atoms with E-state index in [4.69, 9.17) is 18.9 Å². The number of ether oxygens (including phenoxy) is 4. The maximum Gasteiger partial charge on any atom is 0.220 e. The highest BCUT2D eigenvalue weighted by molar-refractivity contribution is 5.76. The van der Waals surface area contributed by atoms with Crippen LogP contribution in [0, 0.1) is 0 Å². The van der Waals surface area contributed by atoms with Crippen LogP contribution in [-0.2, 0) is 23.7 Å². The second-order valence-corrected chi connectivity index (χ2v) is 22.5. The summed E-state index contributed by atoms with van der Waals surface area (Å²) in [6, 6.07) is -0.931. The van der Waals surface area contributed by atoms with Gasteiger partial charge in [-0.25, -0.2) is 0 Å². The van der Waals surface area contributed by atoms with Gasteiger partial charge in [-0.15, -0.1) is 0 Å². The minimum absolute atomic E-state index is 0.251. The van der Waals surface area contributed by atoms with Gasteiger partial charge >= 0.3 is 0 Å². The smallest absolute Gasteiger partial charge is 0.220 e. The van der Waals surface area contributed by atoms with Crippen LogP contribution in [0.25, 0.3) is 0 Å². The molecule has 12 unspecified atom stereocenters. The van der Waals surface area contributed by atoms with Crippen LogP contribution in [0.5, 0.6) is 0 Å². The van der Waals surface area contributed by atoms with Crippen molar-refractivity contribution < 1.29 is 64.6 Å². The molecule has 0 saturated carbocycles. The second kappa shape index (κ2) is 51.6. The van der Waals surface area contributed by atoms with Gasteiger partial charge in [0.1, 0.15) is 48.8 Å². The van der Waals surface area contributed by atoms with Gasteiger partial charge in [0, 0.05) is 6.42 Å². The van der Waals surface area contributed by atoms with Crippen molar-refractivity contribution in [1.82, 2.24) is 5.32 Å². The van der Waals surface area contributed by atoms with Crippen LogP contribution in [0.15, 0.2) is 85.1 Å². The van der Waals surface area contributed by atoms with Gasteiger partial charge in [0.15, 0.2) is 12.6 Å². The number of rotatable bonds is 51. The second-order valence-electron chi connectivity index (χ2n) is 22.5. The summed E-state index contributed by atoms with van der Waals surface area (Å²) in [7, 11) is 0. The molecule has 0 bridgehead atoms. The zero-order chi connectivity index (χ0) is 58.8. The van der Waals surface area contributed by atoms with E-state index in [0.29, 0.717) is 12.8 Å². The van der Waals surface area contributed by atoms with Crippen molar-refractivity contribution >= 4 is 5.91 Å². The van der Waals surface area contributed by atoms with Crippen LogP contribution in [-0.4, -0.2) is 140 Å². The molecule has 81 heavy (non-hydrogen) atoms. The molecule has 12 atom stereocenters. The Morgan fingerprint density at radius 2 is 0.864 bits per heavy atom. The molecule has 2 fully saturated rings. The fourth-order valence-electron chi connectivity index (χ4n) is 10.2. The Labute approximate surface area is 491 Å². The van der Waals surface area contributed by atoms with Crippen molar-refractivity contribution in [3.63, 3.8) is 0 Å². The molecule has 0 aromatic rings. The molecular formula is C67H117NO13. The molecule has 468 valence electrons. The zero-order valence-corrected chi connectivity index (χ0v) is 50.5. The Balaban J connectivity index is 1.56. The normalized spacial score (nSPS) is 24.7. The topological polar surface area (TPSA) is 228 Å². The number of carbonyl (C=O) groups excluding carboxylic acids is 1. The molecule has 2 aliphatic heterocycles. The fourth-order valence-corrected chi connectivity index (χ4v) is 10.2. The molecule has 14 heteroatoms. The lowest BCUT2D eigenvalue weighted by atomic mass is 9.97. The first-order chi connectivity index (χ1) is 39.6. The summed E-state index contributed by atoms with van der Waals surface area (Å²) in [5, 5.41) is 86.9. The molecule has 14 nitrogen and oxygen atoms in total. The molecule has 9 N–H and O–H groups in total. The number of unbranched alkanes of at least 4 members (excludes halogenated alkanes) is 26. The molecule has 0 aliphatic carbocycles. The standard InChI is InChI=1S/C67H117NO13/c1-3-5-7-9-11-13-15-16-17-18-19-20-21-22-23-24-25-26-27-28-29-30-31-32-33-34-35-36-37-38-39-40-41-43-45-47-49-51-59(72)68-55(56(71)50-48-46-44-42-14-12-10-8-6-4-2)54-78-66-64(77)62(75)65(58(53-70)80-66)81-67-63(76)61(74)60(73)57(52-69)79-67/h5,7,11,13-14,16-17,19-20,22-23,42,48,50,55-58,60-67,69-71,73-77H,3-4,6,8-10,12,15,18,21,24-41,43-47,49,51-54H2,1-2H3,(H,68,72)/b7-5-,13-11-,17-16-,20-19-,23-22-,42-14+,50-48+. The first-order valence-electron chi connectivity index (χ1n) is 32.3. The summed E-state index contributed by atoms with van der Waals surface area (Å²) in [5.41, 5.74) is 0. The van der Waals surface area contributed by atoms with Crippen molar-refractivity contribution in [3.8, 4) is 0 Å². The maximum absolute atomic E-state index is 13.2. The van der Waals surface area contributed by atoms with Crippen LogP contribution >= 0.6 is 0 Å². The average Bonchev–Trinajstić information content (AvgIpc) is 3.51. The number of hydrogen-bond donors (Lipinski definition) is 9. The van der Waals surface area contributed by atoms with E-state index in [1.165, 1.54) is 141 Å². The Morgan fingerprint density at radius 1 is 0.457 bits per heavy atom. The fraction of sp³-hybridized carbons (Fsp3) is 0.776. The molecule has 2 saturated heterocycles. The van der Waals surface area contributed by atoms with Gasteiger partial charge in [0.2, 0.25) is 5.91 Å². The summed E-state index contributed by atoms with van der Waals surface area (Å²) in [5.74, 6) is -0.251. The molecule has 0 spiro atoms. The number of nitrogens with one attached hydrogen (secondary N) is 1. The van der Waals surface area contributed by atoms with Crippen molar-refractivity contribution in [2.75, 3.05) is 19.8 Å². The molecule has 0 aromatic carbocycles. The number of carbonyl (C=O) groups is 1. The lowest BCUT2D eigenvalue weighted by Crippen LogP contribution is -2.65. The average molecular weight is 1140 g/mol. The number of aliphatic hydroxyl groups is 8. The van der Waals surface area contributed by atoms with Gasteiger partial charge in [-0.05, 0) is 77.0 Å². The molecule has 0 radical (unpaired) electrons. The monoisotopic (exact) mass is 1140 g/mol. The largest absolute Gasteiger partial charge is 0.394 e. The van der Waals surface area contributed by atoms with Crippen LogP contribution < -0.4 is 5.32 Å². The third kappa shape index (κ3) is 36.6. The van der Waals surface area contributed by atoms with Gasteiger partial charge in [0.05, 0.1) is 32.0 Å². The SMILES string of the molecule is CC/C=C\C/C=C\C/C=C\C/C=C\C/C=C\CCCCCCCCCCCCCCCCCCCCCCCC(=O)NC(COC1OC(CO)C(OC2OC(CO)C(O)C(O)C2O)C(O)C1O)C(O)/C=C/CC/C=C/CCCCCC. The maximum atomic E-state index is 13.2. The quantitative estimate of drug-likeness (QED) is 0.0204. The van der Waals surface area contributed by atoms with E-state index in [2.05, 4.69) is 92.1 Å². The van der Waals surface area contributed by atoms with Crippen molar-refractivity contribution in [2.24, 2.45) is 0 Å². The van der Waals surface area contributed by atoms with E-state index in [0.717, 1.165) is 64.2 Å². The third-order valence-electron chi connectivity index (χ3n) is 15.3. The minimum Gasteiger partial charge on any atom is -0.394 e. The van der Waals surface area contributed by atoms with Crippen LogP contribution in [0.3, 0.4) is 0 Å². The Morgan fingerprint density at radius 3 is 1.36 bits per heavy atom. The van der Waals surface area contributed by atoms with E-state index in [-0.39, 0.29) is 18.9 Å². The first-order valence-corrected chi connectivity index (χ1v) is 32.3. The summed E-state index contributed by atoms with van der Waals surface area (Å²) >= 11 is 0. The van der Waals surface area contributed by atoms with Crippen molar-refractivity contribution in [1.29, 1.82) is 0 Å². The van der Waals surface area contributed by atoms with E-state index in [9.17, 15) is 45.6 Å². The van der Waals surface area contributed by atoms with Gasteiger partial charge < -0.3 is 65.1 Å². The summed E-state index contributed by atoms with van der Waals surface area (Å²) in [6.45, 7) is 2.62. The van der Waals surface area contributed by atoms with Crippen LogP contribution in [0.2, 0.25) is 0 Å². The summed E-state index contributed by atoms with van der Waals surface area (Å²) in [6.07, 6.45) is 53.9.